The summed E-state index contributed by atoms with van der Waals surface area (Å²) in [5, 5.41) is 14.3. The van der Waals surface area contributed by atoms with Crippen molar-refractivity contribution in [1.29, 1.82) is 0 Å². The summed E-state index contributed by atoms with van der Waals surface area (Å²) in [6.45, 7) is 12.0. The maximum atomic E-state index is 9.66. The molecule has 0 amide bonds. The van der Waals surface area contributed by atoms with Crippen LogP contribution >= 0.6 is 11.8 Å². The van der Waals surface area contributed by atoms with E-state index in [4.69, 9.17) is 0 Å². The van der Waals surface area contributed by atoms with Gasteiger partial charge < -0.3 is 10.4 Å². The van der Waals surface area contributed by atoms with Crippen molar-refractivity contribution in [2.45, 2.75) is 70.1 Å². The van der Waals surface area contributed by atoms with Crippen molar-refractivity contribution >= 4 is 11.8 Å². The number of hydrogen-bond donors (Lipinski definition) is 2. The van der Waals surface area contributed by atoms with Crippen molar-refractivity contribution in [2.24, 2.45) is 11.8 Å². The summed E-state index contributed by atoms with van der Waals surface area (Å²) in [5.74, 6) is 1.57. The van der Waals surface area contributed by atoms with Gasteiger partial charge in [0.25, 0.3) is 0 Å². The summed E-state index contributed by atoms with van der Waals surface area (Å²) in [6, 6.07) is 0.616. The Morgan fingerprint density at radius 3 is 2.47 bits per heavy atom. The summed E-state index contributed by atoms with van der Waals surface area (Å²) in [7, 11) is 0. The van der Waals surface area contributed by atoms with E-state index in [9.17, 15) is 5.11 Å². The second kappa shape index (κ2) is 7.01. The van der Waals surface area contributed by atoms with Crippen molar-refractivity contribution in [3.63, 3.8) is 0 Å². The molecule has 1 rings (SSSR count). The summed E-state index contributed by atoms with van der Waals surface area (Å²) in [4.78, 5) is 0. The van der Waals surface area contributed by atoms with Crippen LogP contribution in [0.2, 0.25) is 0 Å². The molecule has 6 unspecified atom stereocenters. The summed E-state index contributed by atoms with van der Waals surface area (Å²) >= 11 is 1.97. The average Bonchev–Trinajstić information content (AvgIpc) is 2.23. The second-order valence-electron chi connectivity index (χ2n) is 5.76. The first kappa shape index (κ1) is 15.3. The number of aliphatic hydroxyl groups excluding tert-OH is 1. The fourth-order valence-corrected chi connectivity index (χ4v) is 4.38. The molecule has 0 aromatic rings. The lowest BCUT2D eigenvalue weighted by atomic mass is 9.80. The maximum Gasteiger partial charge on any atom is 0.0628 e. The maximum absolute atomic E-state index is 9.66. The van der Waals surface area contributed by atoms with Crippen molar-refractivity contribution in [3.05, 3.63) is 0 Å². The van der Waals surface area contributed by atoms with E-state index in [1.54, 1.807) is 0 Å². The molecule has 6 atom stereocenters. The van der Waals surface area contributed by atoms with Crippen molar-refractivity contribution in [2.75, 3.05) is 6.54 Å². The molecule has 0 aromatic carbocycles. The quantitative estimate of drug-likeness (QED) is 0.796. The van der Waals surface area contributed by atoms with Gasteiger partial charge in [0.2, 0.25) is 0 Å². The van der Waals surface area contributed by atoms with Gasteiger partial charge in [-0.1, -0.05) is 27.7 Å². The van der Waals surface area contributed by atoms with Gasteiger partial charge in [-0.3, -0.25) is 0 Å². The van der Waals surface area contributed by atoms with E-state index in [0.717, 1.165) is 18.4 Å². The van der Waals surface area contributed by atoms with E-state index in [1.807, 2.05) is 18.7 Å². The molecule has 2 N–H and O–H groups in total. The lowest BCUT2D eigenvalue weighted by molar-refractivity contribution is 0.194. The molecular weight excluding hydrogens is 230 g/mol. The Morgan fingerprint density at radius 1 is 1.29 bits per heavy atom. The molecule has 0 bridgehead atoms. The molecule has 2 nitrogen and oxygen atoms in total. The largest absolute Gasteiger partial charge is 0.392 e. The van der Waals surface area contributed by atoms with E-state index in [2.05, 4.69) is 33.0 Å². The first-order valence-electron chi connectivity index (χ1n) is 7.02. The predicted octanol–water partition coefficient (Wildman–Crippen LogP) is 2.90. The Morgan fingerprint density at radius 2 is 1.94 bits per heavy atom. The molecule has 1 saturated carbocycles. The molecule has 17 heavy (non-hydrogen) atoms. The average molecular weight is 259 g/mol. The Bertz CT molecular complexity index is 222. The fourth-order valence-electron chi connectivity index (χ4n) is 2.88. The standard InChI is InChI=1S/C14H29NOS/c1-6-15-13-8-9(2)7-10(3)14(13)17-12(5)11(4)16/h9-16H,6-8H2,1-5H3. The van der Waals surface area contributed by atoms with Crippen LogP contribution in [0.15, 0.2) is 0 Å². The fraction of sp³-hybridized carbons (Fsp3) is 1.00. The van der Waals surface area contributed by atoms with Gasteiger partial charge in [0.05, 0.1) is 6.10 Å². The molecule has 3 heteroatoms. The van der Waals surface area contributed by atoms with E-state index in [1.165, 1.54) is 12.8 Å². The van der Waals surface area contributed by atoms with Crippen LogP contribution in [0.25, 0.3) is 0 Å². The van der Waals surface area contributed by atoms with E-state index >= 15 is 0 Å². The van der Waals surface area contributed by atoms with Gasteiger partial charge in [-0.05, 0) is 38.1 Å². The zero-order valence-electron chi connectivity index (χ0n) is 11.9. The Labute approximate surface area is 111 Å². The van der Waals surface area contributed by atoms with Gasteiger partial charge in [-0.2, -0.15) is 11.8 Å². The number of rotatable bonds is 5. The summed E-state index contributed by atoms with van der Waals surface area (Å²) in [6.07, 6.45) is 2.39. The monoisotopic (exact) mass is 259 g/mol. The zero-order valence-corrected chi connectivity index (χ0v) is 12.8. The topological polar surface area (TPSA) is 32.3 Å². The smallest absolute Gasteiger partial charge is 0.0628 e. The minimum atomic E-state index is -0.214. The molecule has 0 aromatic heterocycles. The molecule has 0 spiro atoms. The highest BCUT2D eigenvalue weighted by molar-refractivity contribution is 8.00. The van der Waals surface area contributed by atoms with Crippen LogP contribution in [0, 0.1) is 11.8 Å². The highest BCUT2D eigenvalue weighted by atomic mass is 32.2. The third kappa shape index (κ3) is 4.46. The van der Waals surface area contributed by atoms with Crippen molar-refractivity contribution < 1.29 is 5.11 Å². The van der Waals surface area contributed by atoms with E-state index in [-0.39, 0.29) is 6.10 Å². The first-order chi connectivity index (χ1) is 7.95. The lowest BCUT2D eigenvalue weighted by Gasteiger charge is -2.41. The molecule has 102 valence electrons. The summed E-state index contributed by atoms with van der Waals surface area (Å²) in [5.41, 5.74) is 0. The lowest BCUT2D eigenvalue weighted by Crippen LogP contribution is -2.47. The van der Waals surface area contributed by atoms with Crippen molar-refractivity contribution in [3.8, 4) is 0 Å². The van der Waals surface area contributed by atoms with Gasteiger partial charge in [-0.15, -0.1) is 0 Å². The summed E-state index contributed by atoms with van der Waals surface area (Å²) < 4.78 is 0. The first-order valence-corrected chi connectivity index (χ1v) is 7.96. The highest BCUT2D eigenvalue weighted by Gasteiger charge is 2.35. The number of aliphatic hydroxyl groups is 1. The van der Waals surface area contributed by atoms with Crippen LogP contribution in [0.3, 0.4) is 0 Å². The third-order valence-corrected chi connectivity index (χ3v) is 5.84. The van der Waals surface area contributed by atoms with Gasteiger partial charge in [0.15, 0.2) is 0 Å². The number of thioether (sulfide) groups is 1. The molecular formula is C14H29NOS. The molecule has 1 aliphatic carbocycles. The van der Waals surface area contributed by atoms with E-state index in [0.29, 0.717) is 16.5 Å². The Hall–Kier alpha value is 0.270. The molecule has 0 radical (unpaired) electrons. The molecule has 0 heterocycles. The Kier molecular flexibility index (Phi) is 6.32. The van der Waals surface area contributed by atoms with Crippen LogP contribution in [-0.4, -0.2) is 34.3 Å². The third-order valence-electron chi connectivity index (χ3n) is 3.91. The number of nitrogens with one attached hydrogen (secondary N) is 1. The highest BCUT2D eigenvalue weighted by Crippen LogP contribution is 2.38. The second-order valence-corrected chi connectivity index (χ2v) is 7.32. The number of hydrogen-bond acceptors (Lipinski definition) is 3. The normalized spacial score (nSPS) is 37.8. The minimum absolute atomic E-state index is 0.214. The Balaban J connectivity index is 2.63. The molecule has 0 saturated heterocycles. The molecule has 1 fully saturated rings. The van der Waals surface area contributed by atoms with Crippen LogP contribution in [0.5, 0.6) is 0 Å². The minimum Gasteiger partial charge on any atom is -0.392 e. The van der Waals surface area contributed by atoms with Gasteiger partial charge in [0.1, 0.15) is 0 Å². The molecule has 1 aliphatic rings. The van der Waals surface area contributed by atoms with E-state index < -0.39 is 0 Å². The zero-order chi connectivity index (χ0) is 13.0. The SMILES string of the molecule is CCNC1CC(C)CC(C)C1SC(C)C(C)O. The molecule has 0 aliphatic heterocycles. The van der Waals surface area contributed by atoms with Crippen LogP contribution in [0.1, 0.15) is 47.5 Å². The van der Waals surface area contributed by atoms with Crippen LogP contribution < -0.4 is 5.32 Å². The van der Waals surface area contributed by atoms with Crippen LogP contribution in [0.4, 0.5) is 0 Å². The predicted molar refractivity (Wildman–Crippen MR) is 77.5 cm³/mol. The van der Waals surface area contributed by atoms with Crippen molar-refractivity contribution in [1.82, 2.24) is 5.32 Å². The van der Waals surface area contributed by atoms with Gasteiger partial charge in [-0.25, -0.2) is 0 Å². The van der Waals surface area contributed by atoms with Crippen LogP contribution in [-0.2, 0) is 0 Å². The van der Waals surface area contributed by atoms with Gasteiger partial charge in [0, 0.05) is 16.5 Å². The van der Waals surface area contributed by atoms with Gasteiger partial charge >= 0.3 is 0 Å².